The van der Waals surface area contributed by atoms with Crippen molar-refractivity contribution in [1.82, 2.24) is 0 Å². The Balaban J connectivity index is 3.01. The van der Waals surface area contributed by atoms with E-state index in [0.29, 0.717) is 10.0 Å². The molecular weight excluding hydrogens is 207 g/mol. The van der Waals surface area contributed by atoms with E-state index in [-0.39, 0.29) is 5.92 Å². The van der Waals surface area contributed by atoms with E-state index in [0.717, 1.165) is 5.56 Å². The van der Waals surface area contributed by atoms with Crippen molar-refractivity contribution in [3.8, 4) is 0 Å². The first-order valence-electron chi connectivity index (χ1n) is 4.15. The minimum Gasteiger partial charge on any atom is -0.388 e. The Morgan fingerprint density at radius 3 is 2.31 bits per heavy atom. The minimum absolute atomic E-state index is 0.152. The zero-order chi connectivity index (χ0) is 10.0. The van der Waals surface area contributed by atoms with Crippen molar-refractivity contribution < 1.29 is 5.11 Å². The zero-order valence-corrected chi connectivity index (χ0v) is 9.10. The lowest BCUT2D eigenvalue weighted by molar-refractivity contribution is 0.127. The van der Waals surface area contributed by atoms with Crippen LogP contribution in [0.15, 0.2) is 18.2 Å². The van der Waals surface area contributed by atoms with E-state index in [4.69, 9.17) is 23.2 Å². The molecule has 1 rings (SSSR count). The average molecular weight is 219 g/mol. The van der Waals surface area contributed by atoms with E-state index >= 15 is 0 Å². The van der Waals surface area contributed by atoms with Gasteiger partial charge in [0.15, 0.2) is 0 Å². The Kier molecular flexibility index (Phi) is 3.60. The van der Waals surface area contributed by atoms with Crippen LogP contribution in [0.1, 0.15) is 25.5 Å². The summed E-state index contributed by atoms with van der Waals surface area (Å²) in [6.07, 6.45) is -0.523. The molecule has 1 unspecified atom stereocenters. The summed E-state index contributed by atoms with van der Waals surface area (Å²) in [6, 6.07) is 5.13. The van der Waals surface area contributed by atoms with E-state index in [1.165, 1.54) is 0 Å². The maximum absolute atomic E-state index is 9.74. The van der Waals surface area contributed by atoms with Gasteiger partial charge in [0.1, 0.15) is 0 Å². The molecule has 1 atom stereocenters. The molecule has 3 heteroatoms. The van der Waals surface area contributed by atoms with Crippen LogP contribution in [-0.4, -0.2) is 5.11 Å². The van der Waals surface area contributed by atoms with Gasteiger partial charge in [-0.15, -0.1) is 0 Å². The third kappa shape index (κ3) is 2.60. The van der Waals surface area contributed by atoms with Crippen molar-refractivity contribution in [2.24, 2.45) is 5.92 Å². The fraction of sp³-hybridized carbons (Fsp3) is 0.400. The van der Waals surface area contributed by atoms with Crippen LogP contribution in [0.25, 0.3) is 0 Å². The standard InChI is InChI=1S/C10H12Cl2O/c1-6(2)10(13)8-4-3-7(11)5-9(8)12/h3-6,10,13H,1-2H3. The van der Waals surface area contributed by atoms with Gasteiger partial charge < -0.3 is 5.11 Å². The van der Waals surface area contributed by atoms with E-state index in [2.05, 4.69) is 0 Å². The third-order valence-corrected chi connectivity index (χ3v) is 2.48. The van der Waals surface area contributed by atoms with Crippen LogP contribution in [0, 0.1) is 5.92 Å². The normalized spacial score (nSPS) is 13.4. The fourth-order valence-electron chi connectivity index (χ4n) is 1.10. The molecule has 0 aliphatic carbocycles. The van der Waals surface area contributed by atoms with Crippen LogP contribution in [0.3, 0.4) is 0 Å². The predicted octanol–water partition coefficient (Wildman–Crippen LogP) is 3.68. The Bertz CT molecular complexity index is 297. The number of rotatable bonds is 2. The van der Waals surface area contributed by atoms with Gasteiger partial charge >= 0.3 is 0 Å². The lowest BCUT2D eigenvalue weighted by Crippen LogP contribution is -2.05. The van der Waals surface area contributed by atoms with Crippen molar-refractivity contribution in [3.05, 3.63) is 33.8 Å². The number of benzene rings is 1. The van der Waals surface area contributed by atoms with Crippen LogP contribution in [-0.2, 0) is 0 Å². The first-order valence-corrected chi connectivity index (χ1v) is 4.91. The first kappa shape index (κ1) is 10.8. The Hall–Kier alpha value is -0.240. The zero-order valence-electron chi connectivity index (χ0n) is 7.59. The maximum Gasteiger partial charge on any atom is 0.0827 e. The van der Waals surface area contributed by atoms with E-state index in [1.807, 2.05) is 13.8 Å². The summed E-state index contributed by atoms with van der Waals surface area (Å²) < 4.78 is 0. The largest absolute Gasteiger partial charge is 0.388 e. The van der Waals surface area contributed by atoms with Crippen molar-refractivity contribution in [2.45, 2.75) is 20.0 Å². The van der Waals surface area contributed by atoms with Crippen molar-refractivity contribution in [2.75, 3.05) is 0 Å². The third-order valence-electron chi connectivity index (χ3n) is 1.91. The molecule has 1 aromatic rings. The lowest BCUT2D eigenvalue weighted by atomic mass is 9.99. The number of aliphatic hydroxyl groups excluding tert-OH is 1. The average Bonchev–Trinajstić information content (AvgIpc) is 2.03. The van der Waals surface area contributed by atoms with Crippen LogP contribution in [0.4, 0.5) is 0 Å². The minimum atomic E-state index is -0.523. The van der Waals surface area contributed by atoms with Crippen molar-refractivity contribution in [3.63, 3.8) is 0 Å². The van der Waals surface area contributed by atoms with E-state index in [9.17, 15) is 5.11 Å². The maximum atomic E-state index is 9.74. The van der Waals surface area contributed by atoms with Gasteiger partial charge in [-0.1, -0.05) is 43.1 Å². The van der Waals surface area contributed by atoms with Crippen LogP contribution in [0.5, 0.6) is 0 Å². The van der Waals surface area contributed by atoms with Crippen LogP contribution in [0.2, 0.25) is 10.0 Å². The molecule has 13 heavy (non-hydrogen) atoms. The molecule has 0 spiro atoms. The highest BCUT2D eigenvalue weighted by Gasteiger charge is 2.14. The molecule has 0 saturated carbocycles. The molecule has 1 N–H and O–H groups in total. The second-order valence-electron chi connectivity index (χ2n) is 3.35. The summed E-state index contributed by atoms with van der Waals surface area (Å²) in [5.74, 6) is 0.152. The summed E-state index contributed by atoms with van der Waals surface area (Å²) in [5.41, 5.74) is 0.737. The number of halogens is 2. The summed E-state index contributed by atoms with van der Waals surface area (Å²) in [7, 11) is 0. The highest BCUT2D eigenvalue weighted by Crippen LogP contribution is 2.29. The molecule has 0 fully saturated rings. The molecule has 72 valence electrons. The molecule has 0 heterocycles. The number of aliphatic hydroxyl groups is 1. The second kappa shape index (κ2) is 4.32. The van der Waals surface area contributed by atoms with Gasteiger partial charge in [-0.3, -0.25) is 0 Å². The smallest absolute Gasteiger partial charge is 0.0827 e. The molecule has 1 nitrogen and oxygen atoms in total. The second-order valence-corrected chi connectivity index (χ2v) is 4.20. The van der Waals surface area contributed by atoms with Gasteiger partial charge in [0.05, 0.1) is 6.10 Å². The van der Waals surface area contributed by atoms with Gasteiger partial charge in [0.25, 0.3) is 0 Å². The number of hydrogen-bond acceptors (Lipinski definition) is 1. The fourth-order valence-corrected chi connectivity index (χ4v) is 1.62. The molecule has 0 aliphatic heterocycles. The van der Waals surface area contributed by atoms with Crippen LogP contribution >= 0.6 is 23.2 Å². The lowest BCUT2D eigenvalue weighted by Gasteiger charge is -2.16. The molecule has 0 saturated heterocycles. The highest BCUT2D eigenvalue weighted by molar-refractivity contribution is 6.35. The number of hydrogen-bond donors (Lipinski definition) is 1. The summed E-state index contributed by atoms with van der Waals surface area (Å²) in [6.45, 7) is 3.88. The van der Waals surface area contributed by atoms with Crippen LogP contribution < -0.4 is 0 Å². The molecule has 0 aromatic heterocycles. The predicted molar refractivity (Wildman–Crippen MR) is 56.3 cm³/mol. The Morgan fingerprint density at radius 1 is 1.23 bits per heavy atom. The van der Waals surface area contributed by atoms with Crippen molar-refractivity contribution in [1.29, 1.82) is 0 Å². The topological polar surface area (TPSA) is 20.2 Å². The molecule has 1 aromatic carbocycles. The first-order chi connectivity index (χ1) is 6.02. The monoisotopic (exact) mass is 218 g/mol. The molecule has 0 amide bonds. The van der Waals surface area contributed by atoms with E-state index in [1.54, 1.807) is 18.2 Å². The van der Waals surface area contributed by atoms with Gasteiger partial charge in [-0.05, 0) is 23.6 Å². The Labute approximate surface area is 88.3 Å². The van der Waals surface area contributed by atoms with Gasteiger partial charge in [-0.25, -0.2) is 0 Å². The quantitative estimate of drug-likeness (QED) is 0.804. The molecule has 0 aliphatic rings. The van der Waals surface area contributed by atoms with Crippen molar-refractivity contribution >= 4 is 23.2 Å². The summed E-state index contributed by atoms with van der Waals surface area (Å²) in [4.78, 5) is 0. The van der Waals surface area contributed by atoms with Gasteiger partial charge in [-0.2, -0.15) is 0 Å². The van der Waals surface area contributed by atoms with Gasteiger partial charge in [0, 0.05) is 10.0 Å². The SMILES string of the molecule is CC(C)C(O)c1ccc(Cl)cc1Cl. The van der Waals surface area contributed by atoms with E-state index < -0.39 is 6.10 Å². The highest BCUT2D eigenvalue weighted by atomic mass is 35.5. The van der Waals surface area contributed by atoms with Gasteiger partial charge in [0.2, 0.25) is 0 Å². The molecule has 0 radical (unpaired) electrons. The Morgan fingerprint density at radius 2 is 1.85 bits per heavy atom. The molecular formula is C10H12Cl2O. The summed E-state index contributed by atoms with van der Waals surface area (Å²) in [5, 5.41) is 10.9. The summed E-state index contributed by atoms with van der Waals surface area (Å²) >= 11 is 11.7. The molecule has 0 bridgehead atoms.